The topological polar surface area (TPSA) is 29.5 Å². The average Bonchev–Trinajstić information content (AvgIpc) is 2.48. The summed E-state index contributed by atoms with van der Waals surface area (Å²) in [6, 6.07) is 3.85. The molecule has 2 nitrogen and oxygen atoms in total. The second kappa shape index (κ2) is 3.34. The highest BCUT2D eigenvalue weighted by Crippen LogP contribution is 2.39. The molecule has 1 aromatic carbocycles. The third-order valence-electron chi connectivity index (χ3n) is 1.83. The Kier molecular flexibility index (Phi) is 2.33. The lowest BCUT2D eigenvalue weighted by atomic mass is 10.2. The molecule has 1 heterocycles. The Hall–Kier alpha value is -0.490. The molecule has 0 aliphatic carbocycles. The van der Waals surface area contributed by atoms with Crippen LogP contribution in [0.25, 0.3) is 10.1 Å². The number of benzene rings is 1. The highest BCUT2D eigenvalue weighted by Gasteiger charge is 2.10. The molecule has 0 unspecified atom stereocenters. The molecule has 0 amide bonds. The number of ether oxygens (including phenoxy) is 1. The molecule has 0 fully saturated rings. The Labute approximate surface area is 93.3 Å². The second-order valence-electron chi connectivity index (χ2n) is 2.58. The van der Waals surface area contributed by atoms with Crippen LogP contribution in [0.2, 0.25) is 0 Å². The first-order valence-corrected chi connectivity index (χ1v) is 5.62. The van der Waals surface area contributed by atoms with Crippen LogP contribution >= 0.6 is 33.9 Å². The summed E-state index contributed by atoms with van der Waals surface area (Å²) in [7, 11) is 1.65. The van der Waals surface area contributed by atoms with Crippen LogP contribution in [0.3, 0.4) is 0 Å². The van der Waals surface area contributed by atoms with Crippen LogP contribution in [-0.4, -0.2) is 12.2 Å². The molecular formula is C9H7IO2S. The molecule has 68 valence electrons. The van der Waals surface area contributed by atoms with Crippen molar-refractivity contribution in [2.24, 2.45) is 0 Å². The van der Waals surface area contributed by atoms with Crippen molar-refractivity contribution in [1.29, 1.82) is 0 Å². The van der Waals surface area contributed by atoms with Gasteiger partial charge in [0, 0.05) is 10.8 Å². The van der Waals surface area contributed by atoms with Crippen molar-refractivity contribution >= 4 is 44.0 Å². The van der Waals surface area contributed by atoms with Gasteiger partial charge in [-0.05, 0) is 34.7 Å². The molecule has 0 aliphatic heterocycles. The molecule has 2 aromatic rings. The monoisotopic (exact) mass is 306 g/mol. The van der Waals surface area contributed by atoms with Crippen LogP contribution in [0.4, 0.5) is 0 Å². The lowest BCUT2D eigenvalue weighted by molar-refractivity contribution is 0.417. The zero-order valence-electron chi connectivity index (χ0n) is 6.87. The van der Waals surface area contributed by atoms with Crippen LogP contribution in [0.15, 0.2) is 17.5 Å². The van der Waals surface area contributed by atoms with E-state index in [4.69, 9.17) is 4.74 Å². The molecule has 0 aliphatic rings. The minimum absolute atomic E-state index is 0.328. The fourth-order valence-electron chi connectivity index (χ4n) is 1.23. The molecule has 1 N–H and O–H groups in total. The van der Waals surface area contributed by atoms with Gasteiger partial charge >= 0.3 is 0 Å². The predicted molar refractivity (Wildman–Crippen MR) is 62.8 cm³/mol. The summed E-state index contributed by atoms with van der Waals surface area (Å²) >= 11 is 3.72. The summed E-state index contributed by atoms with van der Waals surface area (Å²) in [5.41, 5.74) is 0. The SMILES string of the molecule is COc1c(I)ccc2c(O)csc12. The smallest absolute Gasteiger partial charge is 0.150 e. The summed E-state index contributed by atoms with van der Waals surface area (Å²) in [4.78, 5) is 0. The number of fused-ring (bicyclic) bond motifs is 1. The Bertz CT molecular complexity index is 450. The highest BCUT2D eigenvalue weighted by molar-refractivity contribution is 14.1. The van der Waals surface area contributed by atoms with Crippen LogP contribution in [0.5, 0.6) is 11.5 Å². The lowest BCUT2D eigenvalue weighted by Gasteiger charge is -2.03. The third-order valence-corrected chi connectivity index (χ3v) is 3.66. The van der Waals surface area contributed by atoms with Crippen LogP contribution in [-0.2, 0) is 0 Å². The first-order chi connectivity index (χ1) is 6.24. The summed E-state index contributed by atoms with van der Waals surface area (Å²) in [5, 5.41) is 12.1. The van der Waals surface area contributed by atoms with E-state index in [2.05, 4.69) is 22.6 Å². The van der Waals surface area contributed by atoms with Crippen molar-refractivity contribution in [2.45, 2.75) is 0 Å². The maximum atomic E-state index is 9.47. The summed E-state index contributed by atoms with van der Waals surface area (Å²) in [6.45, 7) is 0. The number of hydrogen-bond acceptors (Lipinski definition) is 3. The van der Waals surface area contributed by atoms with Crippen molar-refractivity contribution in [3.8, 4) is 11.5 Å². The predicted octanol–water partition coefficient (Wildman–Crippen LogP) is 3.22. The number of methoxy groups -OCH3 is 1. The highest BCUT2D eigenvalue weighted by atomic mass is 127. The molecule has 4 heteroatoms. The molecule has 0 spiro atoms. The van der Waals surface area contributed by atoms with Gasteiger partial charge in [-0.1, -0.05) is 0 Å². The number of halogens is 1. The zero-order chi connectivity index (χ0) is 9.42. The average molecular weight is 306 g/mol. The second-order valence-corrected chi connectivity index (χ2v) is 4.62. The summed E-state index contributed by atoms with van der Waals surface area (Å²) in [6.07, 6.45) is 0. The van der Waals surface area contributed by atoms with E-state index in [1.54, 1.807) is 12.5 Å². The normalized spacial score (nSPS) is 10.6. The van der Waals surface area contributed by atoms with Gasteiger partial charge in [-0.2, -0.15) is 0 Å². The Morgan fingerprint density at radius 3 is 2.92 bits per heavy atom. The summed E-state index contributed by atoms with van der Waals surface area (Å²) in [5.74, 6) is 1.18. The standard InChI is InChI=1S/C9H7IO2S/c1-12-8-6(10)3-2-5-7(11)4-13-9(5)8/h2-4,11H,1H3. The van der Waals surface area contributed by atoms with E-state index in [1.807, 2.05) is 12.1 Å². The van der Waals surface area contributed by atoms with Gasteiger partial charge in [0.05, 0.1) is 15.4 Å². The van der Waals surface area contributed by atoms with E-state index < -0.39 is 0 Å². The van der Waals surface area contributed by atoms with Crippen molar-refractivity contribution < 1.29 is 9.84 Å². The zero-order valence-corrected chi connectivity index (χ0v) is 9.85. The number of aromatic hydroxyl groups is 1. The Morgan fingerprint density at radius 2 is 2.23 bits per heavy atom. The molecule has 0 saturated heterocycles. The number of thiophene rings is 1. The largest absolute Gasteiger partial charge is 0.506 e. The van der Waals surface area contributed by atoms with Crippen molar-refractivity contribution in [1.82, 2.24) is 0 Å². The maximum absolute atomic E-state index is 9.47. The fourth-order valence-corrected chi connectivity index (χ4v) is 3.03. The van der Waals surface area contributed by atoms with Crippen molar-refractivity contribution in [3.05, 3.63) is 21.1 Å². The first kappa shape index (κ1) is 9.08. The van der Waals surface area contributed by atoms with E-state index in [0.717, 1.165) is 19.4 Å². The molecular weight excluding hydrogens is 299 g/mol. The molecule has 0 radical (unpaired) electrons. The van der Waals surface area contributed by atoms with Crippen molar-refractivity contribution in [2.75, 3.05) is 7.11 Å². The van der Waals surface area contributed by atoms with Gasteiger partial charge in [-0.3, -0.25) is 0 Å². The van der Waals surface area contributed by atoms with Gasteiger partial charge in [-0.25, -0.2) is 0 Å². The van der Waals surface area contributed by atoms with Gasteiger partial charge < -0.3 is 9.84 Å². The minimum Gasteiger partial charge on any atom is -0.506 e. The van der Waals surface area contributed by atoms with E-state index in [1.165, 1.54) is 11.3 Å². The molecule has 2 rings (SSSR count). The van der Waals surface area contributed by atoms with Gasteiger partial charge in [0.25, 0.3) is 0 Å². The van der Waals surface area contributed by atoms with Gasteiger partial charge in [0.1, 0.15) is 11.5 Å². The minimum atomic E-state index is 0.328. The quantitative estimate of drug-likeness (QED) is 0.820. The Balaban J connectivity index is 2.85. The Morgan fingerprint density at radius 1 is 1.46 bits per heavy atom. The number of rotatable bonds is 1. The first-order valence-electron chi connectivity index (χ1n) is 3.66. The van der Waals surface area contributed by atoms with E-state index >= 15 is 0 Å². The molecule has 0 bridgehead atoms. The maximum Gasteiger partial charge on any atom is 0.150 e. The summed E-state index contributed by atoms with van der Waals surface area (Å²) < 4.78 is 7.33. The van der Waals surface area contributed by atoms with E-state index in [9.17, 15) is 5.11 Å². The van der Waals surface area contributed by atoms with Crippen LogP contribution < -0.4 is 4.74 Å². The van der Waals surface area contributed by atoms with Gasteiger partial charge in [-0.15, -0.1) is 11.3 Å². The molecule has 1 aromatic heterocycles. The van der Waals surface area contributed by atoms with E-state index in [0.29, 0.717) is 5.75 Å². The molecule has 0 saturated carbocycles. The van der Waals surface area contributed by atoms with Crippen LogP contribution in [0.1, 0.15) is 0 Å². The van der Waals surface area contributed by atoms with Gasteiger partial charge in [0.15, 0.2) is 0 Å². The van der Waals surface area contributed by atoms with E-state index in [-0.39, 0.29) is 0 Å². The lowest BCUT2D eigenvalue weighted by Crippen LogP contribution is -1.85. The van der Waals surface area contributed by atoms with Crippen molar-refractivity contribution in [3.63, 3.8) is 0 Å². The molecule has 0 atom stereocenters. The van der Waals surface area contributed by atoms with Gasteiger partial charge in [0.2, 0.25) is 0 Å². The van der Waals surface area contributed by atoms with Crippen LogP contribution in [0, 0.1) is 3.57 Å². The fraction of sp³-hybridized carbons (Fsp3) is 0.111. The third kappa shape index (κ3) is 1.38. The molecule has 13 heavy (non-hydrogen) atoms. The number of hydrogen-bond donors (Lipinski definition) is 1.